The molecular formula is C23H29N5O4S. The van der Waals surface area contributed by atoms with Gasteiger partial charge >= 0.3 is 0 Å². The summed E-state index contributed by atoms with van der Waals surface area (Å²) in [5, 5.41) is 4.01. The lowest BCUT2D eigenvalue weighted by molar-refractivity contribution is 0.0832. The summed E-state index contributed by atoms with van der Waals surface area (Å²) in [7, 11) is -3.74. The third-order valence-electron chi connectivity index (χ3n) is 6.87. The van der Waals surface area contributed by atoms with E-state index in [1.54, 1.807) is 17.0 Å². The maximum atomic E-state index is 13.7. The molecule has 1 aromatic carbocycles. The number of amides is 1. The molecule has 0 spiro atoms. The zero-order valence-electron chi connectivity index (χ0n) is 19.5. The minimum Gasteiger partial charge on any atom is -0.361 e. The van der Waals surface area contributed by atoms with Crippen LogP contribution in [0.4, 0.5) is 5.69 Å². The summed E-state index contributed by atoms with van der Waals surface area (Å²) in [4.78, 5) is 22.2. The Kier molecular flexibility index (Phi) is 4.95. The van der Waals surface area contributed by atoms with E-state index in [9.17, 15) is 13.2 Å². The van der Waals surface area contributed by atoms with Crippen LogP contribution in [-0.4, -0.2) is 48.5 Å². The Morgan fingerprint density at radius 2 is 2.00 bits per heavy atom. The van der Waals surface area contributed by atoms with Crippen LogP contribution in [0.25, 0.3) is 0 Å². The van der Waals surface area contributed by atoms with Crippen LogP contribution >= 0.6 is 0 Å². The molecule has 5 rings (SSSR count). The highest BCUT2D eigenvalue weighted by Crippen LogP contribution is 2.39. The average Bonchev–Trinajstić information content (AvgIpc) is 3.16. The lowest BCUT2D eigenvalue weighted by Crippen LogP contribution is -2.53. The van der Waals surface area contributed by atoms with E-state index in [1.807, 2.05) is 20.8 Å². The number of rotatable bonds is 6. The topological polar surface area (TPSA) is 108 Å². The molecule has 10 heteroatoms. The maximum absolute atomic E-state index is 13.7. The van der Waals surface area contributed by atoms with E-state index < -0.39 is 15.6 Å². The summed E-state index contributed by atoms with van der Waals surface area (Å²) >= 11 is 0. The number of aromatic nitrogens is 1. The minimum absolute atomic E-state index is 0.0741. The first-order valence-corrected chi connectivity index (χ1v) is 12.7. The van der Waals surface area contributed by atoms with Gasteiger partial charge in [-0.2, -0.15) is 0 Å². The number of aliphatic imine (C=N–C) groups is 1. The Balaban J connectivity index is 1.59. The second kappa shape index (κ2) is 7.39. The molecule has 1 amide bonds. The maximum Gasteiger partial charge on any atom is 0.263 e. The number of anilines is 1. The monoisotopic (exact) mass is 471 g/mol. The van der Waals surface area contributed by atoms with E-state index in [1.165, 1.54) is 6.07 Å². The van der Waals surface area contributed by atoms with Crippen molar-refractivity contribution in [1.29, 1.82) is 0 Å². The summed E-state index contributed by atoms with van der Waals surface area (Å²) in [6, 6.07) is 4.89. The Bertz CT molecular complexity index is 1260. The molecule has 0 radical (unpaired) electrons. The molecule has 0 unspecified atom stereocenters. The molecule has 1 aliphatic carbocycles. The molecule has 1 fully saturated rings. The number of nitrogens with one attached hydrogen (secondary N) is 1. The molecule has 1 atom stereocenters. The van der Waals surface area contributed by atoms with Gasteiger partial charge in [0.15, 0.2) is 0 Å². The van der Waals surface area contributed by atoms with Crippen LogP contribution in [0.5, 0.6) is 0 Å². The molecule has 1 aromatic heterocycles. The van der Waals surface area contributed by atoms with Gasteiger partial charge in [-0.1, -0.05) is 19.0 Å². The zero-order chi connectivity index (χ0) is 23.7. The highest BCUT2D eigenvalue weighted by Gasteiger charge is 2.45. The van der Waals surface area contributed by atoms with E-state index in [0.717, 1.165) is 24.1 Å². The average molecular weight is 472 g/mol. The first-order chi connectivity index (χ1) is 15.5. The van der Waals surface area contributed by atoms with Gasteiger partial charge in [-0.05, 0) is 57.7 Å². The Morgan fingerprint density at radius 3 is 2.61 bits per heavy atom. The van der Waals surface area contributed by atoms with Crippen molar-refractivity contribution in [3.63, 3.8) is 0 Å². The van der Waals surface area contributed by atoms with Gasteiger partial charge in [0.1, 0.15) is 5.76 Å². The SMILES string of the molecule is Cc1noc(C)c1CN1C(=O)c2cc(S(=O)(=O)NC3(C)CC3)ccc2N2C1=NC[C@@H]2C(C)C. The largest absolute Gasteiger partial charge is 0.361 e. The van der Waals surface area contributed by atoms with Gasteiger partial charge in [-0.15, -0.1) is 0 Å². The van der Waals surface area contributed by atoms with Crippen molar-refractivity contribution in [3.8, 4) is 0 Å². The molecule has 0 saturated heterocycles. The predicted molar refractivity (Wildman–Crippen MR) is 124 cm³/mol. The molecule has 176 valence electrons. The number of carbonyl (C=O) groups excluding carboxylic acids is 1. The quantitative estimate of drug-likeness (QED) is 0.694. The predicted octanol–water partition coefficient (Wildman–Crippen LogP) is 2.98. The third-order valence-corrected chi connectivity index (χ3v) is 8.51. The highest BCUT2D eigenvalue weighted by molar-refractivity contribution is 7.89. The van der Waals surface area contributed by atoms with Crippen LogP contribution in [0.1, 0.15) is 61.0 Å². The van der Waals surface area contributed by atoms with E-state index in [0.29, 0.717) is 29.5 Å². The van der Waals surface area contributed by atoms with Gasteiger partial charge in [0.2, 0.25) is 16.0 Å². The molecule has 2 aromatic rings. The first-order valence-electron chi connectivity index (χ1n) is 11.3. The lowest BCUT2D eigenvalue weighted by atomic mass is 10.00. The smallest absolute Gasteiger partial charge is 0.263 e. The van der Waals surface area contributed by atoms with Crippen LogP contribution in [0.2, 0.25) is 0 Å². The fourth-order valence-corrected chi connectivity index (χ4v) is 5.98. The van der Waals surface area contributed by atoms with Crippen LogP contribution < -0.4 is 9.62 Å². The number of sulfonamides is 1. The van der Waals surface area contributed by atoms with Gasteiger partial charge in [0.25, 0.3) is 5.91 Å². The summed E-state index contributed by atoms with van der Waals surface area (Å²) in [6.45, 7) is 10.6. The number of aryl methyl sites for hydroxylation is 2. The van der Waals surface area contributed by atoms with Crippen LogP contribution in [0.3, 0.4) is 0 Å². The molecule has 1 saturated carbocycles. The highest BCUT2D eigenvalue weighted by atomic mass is 32.2. The number of benzene rings is 1. The van der Waals surface area contributed by atoms with Gasteiger partial charge in [0.05, 0.1) is 41.0 Å². The number of hydrogen-bond donors (Lipinski definition) is 1. The molecule has 2 aliphatic heterocycles. The fraction of sp³-hybridized carbons (Fsp3) is 0.522. The summed E-state index contributed by atoms with van der Waals surface area (Å²) in [5.74, 6) is 1.24. The molecule has 33 heavy (non-hydrogen) atoms. The first kappa shape index (κ1) is 22.1. The number of fused-ring (bicyclic) bond motifs is 3. The van der Waals surface area contributed by atoms with Crippen LogP contribution in [0.15, 0.2) is 32.6 Å². The Labute approximate surface area is 193 Å². The van der Waals surface area contributed by atoms with Crippen LogP contribution in [-0.2, 0) is 16.6 Å². The van der Waals surface area contributed by atoms with Crippen molar-refractivity contribution >= 4 is 27.6 Å². The molecule has 9 nitrogen and oxygen atoms in total. The standard InChI is InChI=1S/C23H29N5O4S/c1-13(2)20-11-24-22-27(12-18-14(3)25-32-15(18)4)21(29)17-10-16(6-7-19(17)28(20)22)33(30,31)26-23(5)8-9-23/h6-7,10,13,20,26H,8-9,11-12H2,1-5H3/t20-/m1/s1. The van der Waals surface area contributed by atoms with Crippen molar-refractivity contribution in [2.45, 2.75) is 70.5 Å². The number of hydrogen-bond acceptors (Lipinski definition) is 7. The van der Waals surface area contributed by atoms with Gasteiger partial charge in [0, 0.05) is 11.1 Å². The van der Waals surface area contributed by atoms with Gasteiger partial charge in [-0.3, -0.25) is 14.7 Å². The summed E-state index contributed by atoms with van der Waals surface area (Å²) < 4.78 is 34.1. The van der Waals surface area contributed by atoms with Crippen LogP contribution in [0, 0.1) is 19.8 Å². The number of guanidine groups is 1. The second-order valence-corrected chi connectivity index (χ2v) is 11.5. The molecule has 3 heterocycles. The van der Waals surface area contributed by atoms with E-state index in [-0.39, 0.29) is 29.3 Å². The van der Waals surface area contributed by atoms with Gasteiger partial charge < -0.3 is 9.42 Å². The van der Waals surface area contributed by atoms with Crippen molar-refractivity contribution < 1.29 is 17.7 Å². The molecule has 0 bridgehead atoms. The Morgan fingerprint density at radius 1 is 1.27 bits per heavy atom. The van der Waals surface area contributed by atoms with Crippen molar-refractivity contribution in [1.82, 2.24) is 14.8 Å². The number of carbonyl (C=O) groups is 1. The Hall–Kier alpha value is -2.72. The fourth-order valence-electron chi connectivity index (χ4n) is 4.49. The van der Waals surface area contributed by atoms with Crippen molar-refractivity contribution in [2.75, 3.05) is 11.4 Å². The van der Waals surface area contributed by atoms with E-state index in [2.05, 4.69) is 28.6 Å². The normalized spacial score (nSPS) is 21.3. The summed E-state index contributed by atoms with van der Waals surface area (Å²) in [6.07, 6.45) is 1.62. The zero-order valence-corrected chi connectivity index (χ0v) is 20.4. The minimum atomic E-state index is -3.74. The third kappa shape index (κ3) is 3.65. The molecule has 3 aliphatic rings. The van der Waals surface area contributed by atoms with E-state index >= 15 is 0 Å². The molecule has 1 N–H and O–H groups in total. The second-order valence-electron chi connectivity index (χ2n) is 9.86. The summed E-state index contributed by atoms with van der Waals surface area (Å²) in [5.41, 5.74) is 2.20. The number of nitrogens with zero attached hydrogens (tertiary/aromatic N) is 4. The van der Waals surface area contributed by atoms with Crippen molar-refractivity contribution in [2.24, 2.45) is 10.9 Å². The van der Waals surface area contributed by atoms with E-state index in [4.69, 9.17) is 9.52 Å². The van der Waals surface area contributed by atoms with Crippen molar-refractivity contribution in [3.05, 3.63) is 40.8 Å². The lowest BCUT2D eigenvalue weighted by Gasteiger charge is -2.40. The van der Waals surface area contributed by atoms with Gasteiger partial charge in [-0.25, -0.2) is 13.1 Å². The molecular weight excluding hydrogens is 442 g/mol.